The molecule has 10 nitrogen and oxygen atoms in total. The highest BCUT2D eigenvalue weighted by Crippen LogP contribution is 2.24. The molecule has 2 N–H and O–H groups in total. The van der Waals surface area contributed by atoms with E-state index in [4.69, 9.17) is 27.9 Å². The smallest absolute Gasteiger partial charge is 0.335 e. The number of carbonyl (C=O) groups excluding carboxylic acids is 1. The lowest BCUT2D eigenvalue weighted by atomic mass is 10.0. The molecule has 12 heteroatoms. The Bertz CT molecular complexity index is 1780. The summed E-state index contributed by atoms with van der Waals surface area (Å²) in [6.45, 7) is 3.43. The number of hydrogen-bond donors (Lipinski definition) is 2. The number of aromatic nitrogens is 2. The number of carboxylic acid groups (broad SMARTS) is 1. The fourth-order valence-corrected chi connectivity index (χ4v) is 5.79. The predicted octanol–water partition coefficient (Wildman–Crippen LogP) is 3.90. The molecule has 43 heavy (non-hydrogen) atoms. The lowest BCUT2D eigenvalue weighted by Gasteiger charge is -2.17. The SMILES string of the molecule is Cn1c(=O)n(-c2ccc(C[C@H](NC(=O)c3c(Cl)cccc3Cl)C(=O)O)cc2)c(=O)c2cc(OCCN3CCCC3)ccc21. The Labute approximate surface area is 257 Å². The molecule has 1 saturated heterocycles. The third kappa shape index (κ3) is 6.61. The Morgan fingerprint density at radius 3 is 2.33 bits per heavy atom. The highest BCUT2D eigenvalue weighted by molar-refractivity contribution is 6.39. The standard InChI is InChI=1S/C31H30Cl2N4O6/c1-35-26-12-11-21(43-16-15-36-13-2-3-14-36)18-22(26)29(39)37(31(35)42)20-9-7-19(8-10-20)17-25(30(40)41)34-28(38)27-23(32)5-4-6-24(27)33/h4-12,18,25H,2-3,13-17H2,1H3,(H,34,38)(H,40,41)/t25-/m0/s1. The van der Waals surface area contributed by atoms with E-state index in [0.717, 1.165) is 24.2 Å². The second-order valence-electron chi connectivity index (χ2n) is 10.4. The molecule has 1 aliphatic rings. The number of aryl methyl sites for hydroxylation is 1. The van der Waals surface area contributed by atoms with Gasteiger partial charge in [-0.25, -0.2) is 14.2 Å². The third-order valence-electron chi connectivity index (χ3n) is 7.54. The summed E-state index contributed by atoms with van der Waals surface area (Å²) in [4.78, 5) is 53.8. The Morgan fingerprint density at radius 2 is 1.67 bits per heavy atom. The van der Waals surface area contributed by atoms with Gasteiger partial charge in [-0.2, -0.15) is 0 Å². The Balaban J connectivity index is 1.36. The number of halogens is 2. The van der Waals surface area contributed by atoms with Crippen LogP contribution in [0.5, 0.6) is 5.75 Å². The van der Waals surface area contributed by atoms with Crippen LogP contribution < -0.4 is 21.3 Å². The van der Waals surface area contributed by atoms with Crippen LogP contribution in [0.1, 0.15) is 28.8 Å². The Kier molecular flexibility index (Phi) is 9.19. The first kappa shape index (κ1) is 30.3. The van der Waals surface area contributed by atoms with Gasteiger partial charge in [-0.1, -0.05) is 41.4 Å². The molecule has 0 bridgehead atoms. The summed E-state index contributed by atoms with van der Waals surface area (Å²) in [5, 5.41) is 12.7. The molecule has 1 fully saturated rings. The highest BCUT2D eigenvalue weighted by Gasteiger charge is 2.24. The second kappa shape index (κ2) is 13.0. The maximum absolute atomic E-state index is 13.5. The van der Waals surface area contributed by atoms with Crippen molar-refractivity contribution in [2.45, 2.75) is 25.3 Å². The zero-order chi connectivity index (χ0) is 30.7. The summed E-state index contributed by atoms with van der Waals surface area (Å²) in [6.07, 6.45) is 2.33. The van der Waals surface area contributed by atoms with Crippen molar-refractivity contribution in [2.24, 2.45) is 7.05 Å². The zero-order valence-corrected chi connectivity index (χ0v) is 24.9. The number of hydrogen-bond acceptors (Lipinski definition) is 6. The summed E-state index contributed by atoms with van der Waals surface area (Å²) in [5.41, 5.74) is 0.312. The number of benzene rings is 3. The van der Waals surface area contributed by atoms with Gasteiger partial charge in [-0.15, -0.1) is 0 Å². The van der Waals surface area contributed by atoms with Gasteiger partial charge in [-0.3, -0.25) is 19.1 Å². The van der Waals surface area contributed by atoms with Crippen molar-refractivity contribution in [1.29, 1.82) is 0 Å². The monoisotopic (exact) mass is 624 g/mol. The number of carboxylic acids is 1. The van der Waals surface area contributed by atoms with Crippen LogP contribution in [0.2, 0.25) is 10.0 Å². The molecule has 1 amide bonds. The molecule has 1 aromatic heterocycles. The van der Waals surface area contributed by atoms with E-state index in [2.05, 4.69) is 10.2 Å². The average Bonchev–Trinajstić information content (AvgIpc) is 3.50. The van der Waals surface area contributed by atoms with E-state index < -0.39 is 29.2 Å². The third-order valence-corrected chi connectivity index (χ3v) is 8.17. The van der Waals surface area contributed by atoms with Crippen LogP contribution in [0.15, 0.2) is 70.3 Å². The van der Waals surface area contributed by atoms with Gasteiger partial charge < -0.3 is 15.2 Å². The fourth-order valence-electron chi connectivity index (χ4n) is 5.22. The van der Waals surface area contributed by atoms with Crippen LogP contribution >= 0.6 is 23.2 Å². The van der Waals surface area contributed by atoms with Gasteiger partial charge >= 0.3 is 11.7 Å². The summed E-state index contributed by atoms with van der Waals surface area (Å²) in [6, 6.07) is 14.7. The van der Waals surface area contributed by atoms with Crippen LogP contribution in [0.3, 0.4) is 0 Å². The molecular formula is C31H30Cl2N4O6. The first-order valence-corrected chi connectivity index (χ1v) is 14.6. The van der Waals surface area contributed by atoms with E-state index in [-0.39, 0.29) is 22.0 Å². The van der Waals surface area contributed by atoms with Gasteiger partial charge in [0.05, 0.1) is 32.2 Å². The van der Waals surface area contributed by atoms with Gasteiger partial charge in [0.25, 0.3) is 11.5 Å². The first-order valence-electron chi connectivity index (χ1n) is 13.8. The summed E-state index contributed by atoms with van der Waals surface area (Å²) < 4.78 is 8.38. The average molecular weight is 626 g/mol. The molecule has 5 rings (SSSR count). The number of aliphatic carboxylic acids is 1. The maximum atomic E-state index is 13.5. The molecule has 0 aliphatic carbocycles. The van der Waals surface area contributed by atoms with Gasteiger partial charge in [-0.05, 0) is 74.0 Å². The molecular weight excluding hydrogens is 595 g/mol. The molecule has 3 aromatic carbocycles. The van der Waals surface area contributed by atoms with E-state index in [9.17, 15) is 24.3 Å². The van der Waals surface area contributed by atoms with Crippen LogP contribution in [-0.2, 0) is 18.3 Å². The molecule has 2 heterocycles. The quantitative estimate of drug-likeness (QED) is 0.274. The number of nitrogens with one attached hydrogen (secondary N) is 1. The van der Waals surface area contributed by atoms with E-state index in [1.54, 1.807) is 55.6 Å². The van der Waals surface area contributed by atoms with Crippen LogP contribution in [0.4, 0.5) is 0 Å². The Hall–Kier alpha value is -4.12. The fraction of sp³-hybridized carbons (Fsp3) is 0.290. The van der Waals surface area contributed by atoms with Crippen molar-refractivity contribution in [3.8, 4) is 11.4 Å². The molecule has 0 spiro atoms. The lowest BCUT2D eigenvalue weighted by Crippen LogP contribution is -2.42. The van der Waals surface area contributed by atoms with E-state index >= 15 is 0 Å². The second-order valence-corrected chi connectivity index (χ2v) is 11.2. The largest absolute Gasteiger partial charge is 0.492 e. The van der Waals surface area contributed by atoms with Crippen molar-refractivity contribution in [3.63, 3.8) is 0 Å². The molecule has 0 unspecified atom stereocenters. The lowest BCUT2D eigenvalue weighted by molar-refractivity contribution is -0.139. The van der Waals surface area contributed by atoms with Crippen molar-refractivity contribution >= 4 is 46.0 Å². The number of fused-ring (bicyclic) bond motifs is 1. The van der Waals surface area contributed by atoms with Crippen molar-refractivity contribution in [1.82, 2.24) is 19.4 Å². The molecule has 0 saturated carbocycles. The Morgan fingerprint density at radius 1 is 1.00 bits per heavy atom. The first-order chi connectivity index (χ1) is 20.6. The van der Waals surface area contributed by atoms with Crippen LogP contribution in [0, 0.1) is 0 Å². The van der Waals surface area contributed by atoms with Gasteiger partial charge in [0.15, 0.2) is 0 Å². The van der Waals surface area contributed by atoms with Crippen LogP contribution in [-0.4, -0.2) is 63.3 Å². The van der Waals surface area contributed by atoms with Crippen molar-refractivity contribution < 1.29 is 19.4 Å². The number of nitrogens with zero attached hydrogens (tertiary/aromatic N) is 3. The minimum Gasteiger partial charge on any atom is -0.492 e. The zero-order valence-electron chi connectivity index (χ0n) is 23.4. The molecule has 0 radical (unpaired) electrons. The van der Waals surface area contributed by atoms with Gasteiger partial charge in [0, 0.05) is 20.0 Å². The van der Waals surface area contributed by atoms with Gasteiger partial charge in [0.1, 0.15) is 18.4 Å². The topological polar surface area (TPSA) is 123 Å². The number of likely N-dealkylation sites (tertiary alicyclic amines) is 1. The molecule has 1 atom stereocenters. The molecule has 1 aliphatic heterocycles. The summed E-state index contributed by atoms with van der Waals surface area (Å²) in [7, 11) is 1.59. The van der Waals surface area contributed by atoms with E-state index in [1.165, 1.54) is 29.5 Å². The van der Waals surface area contributed by atoms with Crippen molar-refractivity contribution in [3.05, 3.63) is 103 Å². The number of ether oxygens (including phenoxy) is 1. The minimum atomic E-state index is -1.29. The predicted molar refractivity (Wildman–Crippen MR) is 165 cm³/mol. The summed E-state index contributed by atoms with van der Waals surface area (Å²) in [5.74, 6) is -1.42. The summed E-state index contributed by atoms with van der Waals surface area (Å²) >= 11 is 12.2. The van der Waals surface area contributed by atoms with Crippen molar-refractivity contribution in [2.75, 3.05) is 26.2 Å². The van der Waals surface area contributed by atoms with Gasteiger partial charge in [0.2, 0.25) is 0 Å². The molecule has 224 valence electrons. The maximum Gasteiger partial charge on any atom is 0.335 e. The highest BCUT2D eigenvalue weighted by atomic mass is 35.5. The normalized spacial score (nSPS) is 14.1. The van der Waals surface area contributed by atoms with E-state index in [1.807, 2.05) is 0 Å². The van der Waals surface area contributed by atoms with Crippen LogP contribution in [0.25, 0.3) is 16.6 Å². The molecule has 4 aromatic rings. The minimum absolute atomic E-state index is 0.0147. The van der Waals surface area contributed by atoms with E-state index in [0.29, 0.717) is 34.5 Å². The number of amides is 1. The number of rotatable bonds is 10. The number of carbonyl (C=O) groups is 2.